The van der Waals surface area contributed by atoms with E-state index < -0.39 is 0 Å². The molecule has 0 spiro atoms. The van der Waals surface area contributed by atoms with Gasteiger partial charge in [-0.1, -0.05) is 18.2 Å². The highest BCUT2D eigenvalue weighted by molar-refractivity contribution is 5.50. The van der Waals surface area contributed by atoms with Crippen LogP contribution in [0.5, 0.6) is 0 Å². The van der Waals surface area contributed by atoms with E-state index in [2.05, 4.69) is 22.4 Å². The van der Waals surface area contributed by atoms with E-state index in [1.54, 1.807) is 0 Å². The number of rotatable bonds is 6. The standard InChI is InChI=1S/C18H23N5O/c1-13-17(14(2)22(21-13)9-10-24)11-19-18-12-20-23(15(18)3)16-7-5-4-6-8-16/h4-8,12,19,24H,9-11H2,1-3H3. The zero-order chi connectivity index (χ0) is 17.1. The molecule has 0 amide bonds. The minimum atomic E-state index is 0.0950. The van der Waals surface area contributed by atoms with Crippen molar-refractivity contribution in [2.45, 2.75) is 33.9 Å². The number of hydrogen-bond acceptors (Lipinski definition) is 4. The SMILES string of the molecule is Cc1nn(CCO)c(C)c1CNc1cnn(-c2ccccc2)c1C. The van der Waals surface area contributed by atoms with Gasteiger partial charge < -0.3 is 10.4 Å². The number of nitrogens with zero attached hydrogens (tertiary/aromatic N) is 4. The first-order chi connectivity index (χ1) is 11.6. The minimum absolute atomic E-state index is 0.0950. The Morgan fingerprint density at radius 3 is 2.54 bits per heavy atom. The van der Waals surface area contributed by atoms with E-state index >= 15 is 0 Å². The maximum absolute atomic E-state index is 9.11. The Kier molecular flexibility index (Phi) is 4.66. The molecule has 0 fully saturated rings. The van der Waals surface area contributed by atoms with Crippen LogP contribution >= 0.6 is 0 Å². The molecule has 6 heteroatoms. The summed E-state index contributed by atoms with van der Waals surface area (Å²) in [6.45, 7) is 7.39. The zero-order valence-corrected chi connectivity index (χ0v) is 14.3. The fraction of sp³-hybridized carbons (Fsp3) is 0.333. The number of aliphatic hydroxyl groups is 1. The zero-order valence-electron chi connectivity index (χ0n) is 14.3. The van der Waals surface area contributed by atoms with E-state index in [4.69, 9.17) is 5.11 Å². The quantitative estimate of drug-likeness (QED) is 0.731. The number of benzene rings is 1. The molecular formula is C18H23N5O. The van der Waals surface area contributed by atoms with Gasteiger partial charge in [0.2, 0.25) is 0 Å². The Morgan fingerprint density at radius 2 is 1.83 bits per heavy atom. The molecule has 0 aliphatic rings. The first kappa shape index (κ1) is 16.3. The van der Waals surface area contributed by atoms with Crippen molar-refractivity contribution < 1.29 is 5.11 Å². The van der Waals surface area contributed by atoms with E-state index in [0.717, 1.165) is 34.0 Å². The van der Waals surface area contributed by atoms with Crippen molar-refractivity contribution in [3.8, 4) is 5.69 Å². The van der Waals surface area contributed by atoms with E-state index in [0.29, 0.717) is 13.1 Å². The third-order valence-electron chi connectivity index (χ3n) is 4.31. The van der Waals surface area contributed by atoms with Crippen LogP contribution in [0.3, 0.4) is 0 Å². The van der Waals surface area contributed by atoms with Crippen LogP contribution in [0.4, 0.5) is 5.69 Å². The van der Waals surface area contributed by atoms with Crippen LogP contribution in [0.25, 0.3) is 5.69 Å². The highest BCUT2D eigenvalue weighted by atomic mass is 16.3. The van der Waals surface area contributed by atoms with Crippen molar-refractivity contribution in [3.05, 3.63) is 59.2 Å². The molecular weight excluding hydrogens is 302 g/mol. The third kappa shape index (κ3) is 3.05. The number of anilines is 1. The van der Waals surface area contributed by atoms with E-state index in [1.807, 2.05) is 59.7 Å². The first-order valence-electron chi connectivity index (χ1n) is 8.09. The summed E-state index contributed by atoms with van der Waals surface area (Å²) < 4.78 is 3.78. The van der Waals surface area contributed by atoms with Gasteiger partial charge in [-0.2, -0.15) is 10.2 Å². The number of aryl methyl sites for hydroxylation is 1. The molecule has 0 bridgehead atoms. The van der Waals surface area contributed by atoms with Gasteiger partial charge in [0.1, 0.15) is 0 Å². The number of para-hydroxylation sites is 1. The van der Waals surface area contributed by atoms with Crippen molar-refractivity contribution in [2.75, 3.05) is 11.9 Å². The topological polar surface area (TPSA) is 67.9 Å². The van der Waals surface area contributed by atoms with Crippen molar-refractivity contribution in [3.63, 3.8) is 0 Å². The predicted molar refractivity (Wildman–Crippen MR) is 94.4 cm³/mol. The van der Waals surface area contributed by atoms with E-state index in [9.17, 15) is 0 Å². The number of nitrogens with one attached hydrogen (secondary N) is 1. The molecule has 126 valence electrons. The van der Waals surface area contributed by atoms with Crippen LogP contribution in [0.1, 0.15) is 22.6 Å². The molecule has 3 rings (SSSR count). The summed E-state index contributed by atoms with van der Waals surface area (Å²) in [6.07, 6.45) is 1.85. The third-order valence-corrected chi connectivity index (χ3v) is 4.31. The second-order valence-corrected chi connectivity index (χ2v) is 5.84. The lowest BCUT2D eigenvalue weighted by molar-refractivity contribution is 0.268. The van der Waals surface area contributed by atoms with Gasteiger partial charge in [-0.15, -0.1) is 0 Å². The summed E-state index contributed by atoms with van der Waals surface area (Å²) >= 11 is 0. The first-order valence-corrected chi connectivity index (χ1v) is 8.09. The van der Waals surface area contributed by atoms with Crippen LogP contribution in [0.15, 0.2) is 36.5 Å². The molecule has 1 aromatic carbocycles. The van der Waals surface area contributed by atoms with Crippen LogP contribution in [-0.2, 0) is 13.1 Å². The summed E-state index contributed by atoms with van der Waals surface area (Å²) in [5, 5.41) is 21.5. The highest BCUT2D eigenvalue weighted by Crippen LogP contribution is 2.20. The lowest BCUT2D eigenvalue weighted by Crippen LogP contribution is -2.07. The van der Waals surface area contributed by atoms with Crippen molar-refractivity contribution >= 4 is 5.69 Å². The molecule has 24 heavy (non-hydrogen) atoms. The van der Waals surface area contributed by atoms with Crippen molar-refractivity contribution in [1.82, 2.24) is 19.6 Å². The Hall–Kier alpha value is -2.60. The fourth-order valence-corrected chi connectivity index (χ4v) is 2.90. The van der Waals surface area contributed by atoms with Gasteiger partial charge in [0.15, 0.2) is 0 Å². The molecule has 0 aliphatic carbocycles. The van der Waals surface area contributed by atoms with Gasteiger partial charge in [-0.05, 0) is 32.9 Å². The normalized spacial score (nSPS) is 11.0. The van der Waals surface area contributed by atoms with Crippen LogP contribution in [0.2, 0.25) is 0 Å². The molecule has 2 N–H and O–H groups in total. The van der Waals surface area contributed by atoms with Crippen LogP contribution < -0.4 is 5.32 Å². The van der Waals surface area contributed by atoms with Gasteiger partial charge in [0.25, 0.3) is 0 Å². The van der Waals surface area contributed by atoms with Gasteiger partial charge >= 0.3 is 0 Å². The lowest BCUT2D eigenvalue weighted by atomic mass is 10.2. The predicted octanol–water partition coefficient (Wildman–Crippen LogP) is 2.60. The molecule has 0 saturated carbocycles. The molecule has 3 aromatic rings. The second-order valence-electron chi connectivity index (χ2n) is 5.84. The summed E-state index contributed by atoms with van der Waals surface area (Å²) in [5.41, 5.74) is 6.36. The maximum atomic E-state index is 9.11. The second kappa shape index (κ2) is 6.88. The molecule has 0 atom stereocenters. The van der Waals surface area contributed by atoms with Gasteiger partial charge in [0.05, 0.1) is 42.1 Å². The molecule has 0 unspecified atom stereocenters. The van der Waals surface area contributed by atoms with E-state index in [-0.39, 0.29) is 6.61 Å². The smallest absolute Gasteiger partial charge is 0.0763 e. The summed E-state index contributed by atoms with van der Waals surface area (Å²) in [7, 11) is 0. The molecule has 0 saturated heterocycles. The Balaban J connectivity index is 1.78. The van der Waals surface area contributed by atoms with Crippen LogP contribution in [-0.4, -0.2) is 31.3 Å². The van der Waals surface area contributed by atoms with Crippen molar-refractivity contribution in [1.29, 1.82) is 0 Å². The summed E-state index contributed by atoms with van der Waals surface area (Å²) in [6, 6.07) is 10.1. The van der Waals surface area contributed by atoms with Gasteiger partial charge in [0, 0.05) is 17.8 Å². The highest BCUT2D eigenvalue weighted by Gasteiger charge is 2.13. The number of hydrogen-bond donors (Lipinski definition) is 2. The molecule has 6 nitrogen and oxygen atoms in total. The van der Waals surface area contributed by atoms with Gasteiger partial charge in [-0.25, -0.2) is 4.68 Å². The number of aromatic nitrogens is 4. The maximum Gasteiger partial charge on any atom is 0.0763 e. The molecule has 0 radical (unpaired) electrons. The fourth-order valence-electron chi connectivity index (χ4n) is 2.90. The Labute approximate surface area is 141 Å². The average Bonchev–Trinajstić information content (AvgIpc) is 3.08. The summed E-state index contributed by atoms with van der Waals surface area (Å²) in [5.74, 6) is 0. The van der Waals surface area contributed by atoms with Crippen molar-refractivity contribution in [2.24, 2.45) is 0 Å². The average molecular weight is 325 g/mol. The molecule has 0 aliphatic heterocycles. The Morgan fingerprint density at radius 1 is 1.08 bits per heavy atom. The molecule has 2 aromatic heterocycles. The van der Waals surface area contributed by atoms with Crippen LogP contribution in [0, 0.1) is 20.8 Å². The monoisotopic (exact) mass is 325 g/mol. The largest absolute Gasteiger partial charge is 0.394 e. The lowest BCUT2D eigenvalue weighted by Gasteiger charge is -2.08. The molecule has 2 heterocycles. The Bertz CT molecular complexity index is 820. The minimum Gasteiger partial charge on any atom is -0.394 e. The van der Waals surface area contributed by atoms with Gasteiger partial charge in [-0.3, -0.25) is 4.68 Å². The van der Waals surface area contributed by atoms with E-state index in [1.165, 1.54) is 0 Å². The summed E-state index contributed by atoms with van der Waals surface area (Å²) in [4.78, 5) is 0. The number of aliphatic hydroxyl groups excluding tert-OH is 1.